The summed E-state index contributed by atoms with van der Waals surface area (Å²) < 4.78 is 39.1. The van der Waals surface area contributed by atoms with E-state index >= 15 is 0 Å². The molecule has 8 unspecified atom stereocenters. The maximum atomic E-state index is 6.51. The summed E-state index contributed by atoms with van der Waals surface area (Å²) in [5, 5.41) is 14.1. The van der Waals surface area contributed by atoms with E-state index in [1.807, 2.05) is 50.6 Å². The Labute approximate surface area is 855 Å². The molecule has 708 valence electrons. The summed E-state index contributed by atoms with van der Waals surface area (Å²) in [5.41, 5.74) is 58.8. The van der Waals surface area contributed by atoms with Gasteiger partial charge in [0.2, 0.25) is 39.9 Å². The number of nitrogens with zero attached hydrogens (tertiary/aromatic N) is 7. The Morgan fingerprint density at radius 2 is 0.709 bits per heavy atom. The average molecular weight is 1920 g/mol. The minimum absolute atomic E-state index is 0.149. The molecule has 13 aliphatic rings. The fourth-order valence-electron chi connectivity index (χ4n) is 28.1. The molecular formula is C136H103N7O5+4. The van der Waals surface area contributed by atoms with Crippen LogP contribution < -0.4 is 28.7 Å². The first-order chi connectivity index (χ1) is 72.4. The summed E-state index contributed by atoms with van der Waals surface area (Å²) in [6.07, 6.45) is 23.1. The number of fused-ring (bicyclic) bond motifs is 10. The topological polar surface area (TPSA) is 120 Å². The van der Waals surface area contributed by atoms with E-state index in [4.69, 9.17) is 32.1 Å². The van der Waals surface area contributed by atoms with Crippen LogP contribution in [0.1, 0.15) is 232 Å². The number of benzene rings is 13. The Morgan fingerprint density at radius 1 is 0.284 bits per heavy atom. The lowest BCUT2D eigenvalue weighted by Crippen LogP contribution is -2.45. The zero-order valence-electron chi connectivity index (χ0n) is 84.4. The van der Waals surface area contributed by atoms with Crippen molar-refractivity contribution < 1.29 is 40.4 Å². The lowest BCUT2D eigenvalue weighted by atomic mass is 9.60. The van der Waals surface area contributed by atoms with E-state index in [0.717, 1.165) is 88.9 Å². The molecule has 0 N–H and O–H groups in total. The molecule has 0 radical (unpaired) electrons. The second kappa shape index (κ2) is 32.1. The van der Waals surface area contributed by atoms with Crippen LogP contribution in [-0.4, -0.2) is 15.0 Å². The zero-order chi connectivity index (χ0) is 99.1. The molecule has 148 heavy (non-hydrogen) atoms. The molecule has 24 aromatic rings. The minimum Gasteiger partial charge on any atom is -0.471 e. The van der Waals surface area contributed by atoms with E-state index in [-0.39, 0.29) is 47.3 Å². The molecule has 8 bridgehead atoms. The third-order valence-corrected chi connectivity index (χ3v) is 34.9. The first-order valence-electron chi connectivity index (χ1n) is 51.9. The van der Waals surface area contributed by atoms with E-state index in [9.17, 15) is 0 Å². The van der Waals surface area contributed by atoms with Gasteiger partial charge in [0.1, 0.15) is 33.9 Å². The second-order valence-electron chi connectivity index (χ2n) is 42.8. The molecule has 0 saturated heterocycles. The van der Waals surface area contributed by atoms with E-state index in [2.05, 4.69) is 397 Å². The Morgan fingerprint density at radius 3 is 1.26 bits per heavy atom. The Kier molecular flexibility index (Phi) is 18.7. The smallest absolute Gasteiger partial charge is 0.231 e. The Hall–Kier alpha value is -17.4. The van der Waals surface area contributed by atoms with Crippen LogP contribution in [0.25, 0.3) is 145 Å². The third kappa shape index (κ3) is 12.4. The van der Waals surface area contributed by atoms with Crippen LogP contribution in [0.4, 0.5) is 0 Å². The molecule has 0 saturated carbocycles. The predicted octanol–water partition coefficient (Wildman–Crippen LogP) is 28.0. The highest BCUT2D eigenvalue weighted by atomic mass is 16.3. The van der Waals surface area contributed by atoms with Crippen LogP contribution in [0.5, 0.6) is 0 Å². The van der Waals surface area contributed by atoms with Crippen molar-refractivity contribution in [3.63, 3.8) is 0 Å². The number of pyridine rings is 5. The summed E-state index contributed by atoms with van der Waals surface area (Å²) in [5.74, 6) is 1.69. The van der Waals surface area contributed by atoms with E-state index in [1.165, 1.54) is 228 Å². The van der Waals surface area contributed by atoms with E-state index in [0.29, 0.717) is 11.4 Å². The Balaban J connectivity index is 0.0000000921. The van der Waals surface area contributed by atoms with Crippen LogP contribution >= 0.6 is 0 Å². The lowest BCUT2D eigenvalue weighted by molar-refractivity contribution is -0.670. The van der Waals surface area contributed by atoms with Gasteiger partial charge in [-0.3, -0.25) is 0 Å². The first-order valence-corrected chi connectivity index (χ1v) is 51.9. The monoisotopic (exact) mass is 1910 g/mol. The van der Waals surface area contributed by atoms with Crippen molar-refractivity contribution in [2.45, 2.75) is 109 Å². The highest BCUT2D eigenvalue weighted by molar-refractivity contribution is 6.10. The van der Waals surface area contributed by atoms with Gasteiger partial charge in [0, 0.05) is 130 Å². The van der Waals surface area contributed by atoms with Gasteiger partial charge in [-0.2, -0.15) is 13.7 Å². The van der Waals surface area contributed by atoms with Crippen molar-refractivity contribution in [1.82, 2.24) is 15.0 Å². The van der Waals surface area contributed by atoms with Crippen molar-refractivity contribution in [2.24, 2.45) is 28.2 Å². The quantitative estimate of drug-likeness (QED) is 0.156. The van der Waals surface area contributed by atoms with Gasteiger partial charge in [0.05, 0.1) is 84.1 Å². The molecule has 12 heteroatoms. The molecule has 8 atom stereocenters. The van der Waals surface area contributed by atoms with Crippen LogP contribution in [0.2, 0.25) is 0 Å². The molecule has 13 aliphatic carbocycles. The zero-order valence-corrected chi connectivity index (χ0v) is 84.4. The molecule has 0 aliphatic heterocycles. The van der Waals surface area contributed by atoms with E-state index < -0.39 is 0 Å². The standard InChI is InChI=1S/C43H33N2O.C34H23N2O2.C30H25N2O.C29H22NO/c1-23-12-15-32-33-16-13-25(3)44-43(33)46-42(32)39(23)38-21-34(24(2)22-45(38)4)28-14-17-31-35(20-28)41-30-11-6-5-10-29(30)40(31)36-18-26-8-7-9-27(26)19-37(36)41;1-18-9-10-23-24-8-5-13-35-34(24)38-33(23)29(18)28-12-11-25-30-21-6-3-4-7-22(21)31(32(25)36(28)2)27-15-20-17-37-16-19(20)14-26(27)30;1-16-9-17(2)18(3)23(10-16)26-13-31-29-27-21-7-5-6-8-22(21)28(30(29)32(26)4)25-12-20-15-33-14-19(20)11-24(25)27;1-17-7-3-4-8-20(17)26-12-11-23-27-21-9-5-6-10-22(21)28(29(23)30(26)2)25-14-19-16-31-15-18(19)13-24(25)27/h5-6,8-22,40-41H,7H2,1-4H3;3-17,30-31H,1-2H3;5-15,27-28H,1-4H3;3-16,27-28H,1-2H3/q4*+1. The van der Waals surface area contributed by atoms with Gasteiger partial charge in [-0.1, -0.05) is 188 Å². The summed E-state index contributed by atoms with van der Waals surface area (Å²) in [6.45, 7) is 17.4. The molecule has 0 amide bonds. The second-order valence-corrected chi connectivity index (χ2v) is 42.8. The van der Waals surface area contributed by atoms with Gasteiger partial charge in [-0.25, -0.2) is 19.5 Å². The summed E-state index contributed by atoms with van der Waals surface area (Å²) in [6, 6.07) is 104. The summed E-state index contributed by atoms with van der Waals surface area (Å²) in [4.78, 5) is 14.4. The lowest BCUT2D eigenvalue weighted by Gasteiger charge is -2.42. The first kappa shape index (κ1) is 86.2. The van der Waals surface area contributed by atoms with E-state index in [1.54, 1.807) is 6.20 Å². The fraction of sp³-hybridized carbons (Fsp3) is 0.154. The SMILES string of the molecule is Cc1cc(C)c(C)c(-c2cnc3c([n+]2C)C2c4ccccc4C3c3cc4cocc4cc32)c1.Cc1ccc2c(n1)oc1c(-c3cc(-c4ccc5c(c4)C4c6ccccc6C5c5cc6c(cc54)=CCC=6)c(C)c[n+]3C)c(C)ccc12.Cc1ccc2c(oc3ncccc32)c1-c1ccc2c([n+]1C)C1c3ccccc3C2c2cc3cocc3cc21.Cc1ccccc1-c1ccc2c([n+]1C)C1c3ccccc3C2c2cc3cocc3cc21. The van der Waals surface area contributed by atoms with Crippen molar-refractivity contribution >= 4 is 88.6 Å². The van der Waals surface area contributed by atoms with Gasteiger partial charge in [-0.15, -0.1) is 0 Å². The van der Waals surface area contributed by atoms with Gasteiger partial charge in [-0.05, 0) is 302 Å². The molecule has 0 fully saturated rings. The van der Waals surface area contributed by atoms with Crippen molar-refractivity contribution in [3.8, 4) is 56.2 Å². The predicted molar refractivity (Wildman–Crippen MR) is 585 cm³/mol. The highest BCUT2D eigenvalue weighted by Gasteiger charge is 2.52. The maximum Gasteiger partial charge on any atom is 0.231 e. The fourth-order valence-corrected chi connectivity index (χ4v) is 28.1. The minimum atomic E-state index is 0.149. The molecule has 11 heterocycles. The molecule has 11 aromatic heterocycles. The number of hydrogen-bond acceptors (Lipinski definition) is 8. The normalized spacial score (nSPS) is 17.4. The molecule has 37 rings (SSSR count). The molecular weight excluding hydrogens is 1810 g/mol. The van der Waals surface area contributed by atoms with Gasteiger partial charge in [0.25, 0.3) is 0 Å². The summed E-state index contributed by atoms with van der Waals surface area (Å²) >= 11 is 0. The van der Waals surface area contributed by atoms with Crippen LogP contribution in [-0.2, 0) is 28.2 Å². The molecule has 0 spiro atoms. The number of rotatable bonds is 5. The van der Waals surface area contributed by atoms with Crippen LogP contribution in [0.3, 0.4) is 0 Å². The largest absolute Gasteiger partial charge is 0.471 e. The highest BCUT2D eigenvalue weighted by Crippen LogP contribution is 2.62. The van der Waals surface area contributed by atoms with Crippen molar-refractivity contribution in [1.29, 1.82) is 0 Å². The maximum absolute atomic E-state index is 6.51. The van der Waals surface area contributed by atoms with Crippen LogP contribution in [0.15, 0.2) is 357 Å². The van der Waals surface area contributed by atoms with Crippen molar-refractivity contribution in [2.75, 3.05) is 0 Å². The van der Waals surface area contributed by atoms with Gasteiger partial charge in [0.15, 0.2) is 28.8 Å². The molecule has 13 aromatic carbocycles. The number of aromatic nitrogens is 7. The third-order valence-electron chi connectivity index (χ3n) is 34.9. The van der Waals surface area contributed by atoms with Crippen LogP contribution in [0, 0.1) is 55.4 Å². The van der Waals surface area contributed by atoms with Gasteiger partial charge >= 0.3 is 0 Å². The average Bonchev–Trinajstić information content (AvgIpc) is 0.991. The number of hydrogen-bond donors (Lipinski definition) is 0. The van der Waals surface area contributed by atoms with Crippen molar-refractivity contribution in [3.05, 3.63) is 524 Å². The van der Waals surface area contributed by atoms with Gasteiger partial charge < -0.3 is 22.1 Å². The number of furan rings is 5. The molecule has 12 nitrogen and oxygen atoms in total. The summed E-state index contributed by atoms with van der Waals surface area (Å²) in [7, 11) is 8.81. The Bertz CT molecular complexity index is 10200. The number of aryl methyl sites for hydroxylation is 8.